The minimum absolute atomic E-state index is 0. The summed E-state index contributed by atoms with van der Waals surface area (Å²) in [5.41, 5.74) is 5.60. The number of rotatable bonds is 6. The van der Waals surface area contributed by atoms with Crippen molar-refractivity contribution < 1.29 is 4.79 Å². The highest BCUT2D eigenvalue weighted by Gasteiger charge is 2.20. The van der Waals surface area contributed by atoms with E-state index in [-0.39, 0.29) is 24.7 Å². The van der Waals surface area contributed by atoms with Crippen LogP contribution in [-0.4, -0.2) is 31.7 Å². The number of aromatic nitrogens is 3. The van der Waals surface area contributed by atoms with Crippen LogP contribution >= 0.6 is 24.0 Å². The maximum atomic E-state index is 13.2. The van der Waals surface area contributed by atoms with Crippen LogP contribution in [0.1, 0.15) is 23.7 Å². The zero-order valence-electron chi connectivity index (χ0n) is 17.5. The van der Waals surface area contributed by atoms with Crippen molar-refractivity contribution in [3.05, 3.63) is 89.0 Å². The van der Waals surface area contributed by atoms with Gasteiger partial charge in [0.05, 0.1) is 17.8 Å². The van der Waals surface area contributed by atoms with Crippen LogP contribution in [0.2, 0.25) is 5.02 Å². The first-order valence-electron chi connectivity index (χ1n) is 9.95. The second kappa shape index (κ2) is 9.94. The summed E-state index contributed by atoms with van der Waals surface area (Å²) in [6, 6.07) is 15.5. The van der Waals surface area contributed by atoms with Gasteiger partial charge < -0.3 is 9.30 Å². The van der Waals surface area contributed by atoms with Gasteiger partial charge in [-0.3, -0.25) is 9.78 Å². The molecule has 0 aliphatic rings. The van der Waals surface area contributed by atoms with Crippen LogP contribution in [0.5, 0.6) is 0 Å². The maximum Gasteiger partial charge on any atom is 0.228 e. The number of carbonyl (C=O) groups excluding carboxylic acids is 1. The van der Waals surface area contributed by atoms with Gasteiger partial charge in [-0.2, -0.15) is 0 Å². The molecule has 0 radical (unpaired) electrons. The normalized spacial score (nSPS) is 10.7. The minimum Gasteiger partial charge on any atom is -0.338 e. The van der Waals surface area contributed by atoms with E-state index >= 15 is 0 Å². The molecule has 160 valence electrons. The van der Waals surface area contributed by atoms with Gasteiger partial charge in [0.2, 0.25) is 5.91 Å². The molecule has 0 aliphatic carbocycles. The molecule has 0 fully saturated rings. The smallest absolute Gasteiger partial charge is 0.228 e. The number of halogens is 2. The Morgan fingerprint density at radius 1 is 1.16 bits per heavy atom. The number of benzene rings is 1. The topological polar surface area (TPSA) is 50.5 Å². The first-order chi connectivity index (χ1) is 14.5. The lowest BCUT2D eigenvalue weighted by Gasteiger charge is -2.21. The van der Waals surface area contributed by atoms with Crippen LogP contribution in [0.15, 0.2) is 67.1 Å². The molecule has 0 bridgehead atoms. The third-order valence-electron chi connectivity index (χ3n) is 5.15. The van der Waals surface area contributed by atoms with E-state index in [0.717, 1.165) is 33.7 Å². The highest BCUT2D eigenvalue weighted by molar-refractivity contribution is 6.30. The van der Waals surface area contributed by atoms with E-state index in [1.807, 2.05) is 77.9 Å². The Morgan fingerprint density at radius 3 is 2.61 bits per heavy atom. The highest BCUT2D eigenvalue weighted by Crippen LogP contribution is 2.27. The van der Waals surface area contributed by atoms with Gasteiger partial charge in [0.15, 0.2) is 0 Å². The Morgan fingerprint density at radius 2 is 1.94 bits per heavy atom. The van der Waals surface area contributed by atoms with Crippen LogP contribution in [-0.2, 0) is 17.8 Å². The number of hydrogen-bond acceptors (Lipinski definition) is 3. The average molecular weight is 455 g/mol. The zero-order chi connectivity index (χ0) is 21.1. The van der Waals surface area contributed by atoms with E-state index in [9.17, 15) is 4.79 Å². The van der Waals surface area contributed by atoms with Crippen molar-refractivity contribution in [2.75, 3.05) is 6.54 Å². The van der Waals surface area contributed by atoms with Crippen LogP contribution in [0, 0.1) is 6.92 Å². The van der Waals surface area contributed by atoms with Crippen molar-refractivity contribution in [2.24, 2.45) is 0 Å². The van der Waals surface area contributed by atoms with E-state index in [1.165, 1.54) is 0 Å². The molecule has 1 amide bonds. The lowest BCUT2D eigenvalue weighted by molar-refractivity contribution is -0.130. The Kier molecular flexibility index (Phi) is 7.31. The molecule has 5 nitrogen and oxygen atoms in total. The molecule has 3 heterocycles. The number of carbonyl (C=O) groups is 1. The van der Waals surface area contributed by atoms with E-state index in [2.05, 4.69) is 4.98 Å². The van der Waals surface area contributed by atoms with Crippen LogP contribution in [0.25, 0.3) is 16.9 Å². The van der Waals surface area contributed by atoms with Gasteiger partial charge in [-0.15, -0.1) is 12.4 Å². The lowest BCUT2D eigenvalue weighted by atomic mass is 10.1. The number of amides is 1. The summed E-state index contributed by atoms with van der Waals surface area (Å²) in [6.07, 6.45) is 5.78. The van der Waals surface area contributed by atoms with Crippen LogP contribution < -0.4 is 0 Å². The fourth-order valence-electron chi connectivity index (χ4n) is 3.55. The predicted octanol–water partition coefficient (Wildman–Crippen LogP) is 5.37. The Balaban J connectivity index is 0.00000272. The number of aryl methyl sites for hydroxylation is 1. The summed E-state index contributed by atoms with van der Waals surface area (Å²) >= 11 is 6.07. The van der Waals surface area contributed by atoms with Gasteiger partial charge in [0, 0.05) is 42.3 Å². The number of nitrogens with zero attached hydrogens (tertiary/aromatic N) is 4. The summed E-state index contributed by atoms with van der Waals surface area (Å²) in [7, 11) is 0. The van der Waals surface area contributed by atoms with E-state index in [4.69, 9.17) is 16.6 Å². The van der Waals surface area contributed by atoms with E-state index in [0.29, 0.717) is 18.1 Å². The number of imidazole rings is 1. The highest BCUT2D eigenvalue weighted by atomic mass is 35.5. The molecule has 4 aromatic rings. The summed E-state index contributed by atoms with van der Waals surface area (Å²) in [4.78, 5) is 24.1. The molecule has 0 N–H and O–H groups in total. The van der Waals surface area contributed by atoms with Crippen molar-refractivity contribution in [2.45, 2.75) is 26.8 Å². The minimum atomic E-state index is 0. The Hall–Kier alpha value is -2.89. The van der Waals surface area contributed by atoms with Gasteiger partial charge in [-0.05, 0) is 55.3 Å². The molecule has 31 heavy (non-hydrogen) atoms. The summed E-state index contributed by atoms with van der Waals surface area (Å²) < 4.78 is 2.01. The van der Waals surface area contributed by atoms with Gasteiger partial charge in [-0.1, -0.05) is 29.8 Å². The largest absolute Gasteiger partial charge is 0.338 e. The van der Waals surface area contributed by atoms with Crippen molar-refractivity contribution in [3.8, 4) is 11.3 Å². The number of hydrogen-bond donors (Lipinski definition) is 0. The quantitative estimate of drug-likeness (QED) is 0.393. The van der Waals surface area contributed by atoms with Crippen molar-refractivity contribution >= 4 is 35.6 Å². The average Bonchev–Trinajstić information content (AvgIpc) is 3.10. The standard InChI is InChI=1S/C24H23ClN4O.ClH/c1-3-28(16-18-5-4-11-26-15-18)23(30)14-21-24(19-6-8-20(25)9-7-19)27-22-13-17(2)10-12-29(21)22;/h4-13,15H,3,14,16H2,1-2H3;1H. The van der Waals surface area contributed by atoms with Gasteiger partial charge in [0.1, 0.15) is 5.65 Å². The molecule has 0 unspecified atom stereocenters. The SMILES string of the molecule is CCN(Cc1cccnc1)C(=O)Cc1c(-c2ccc(Cl)cc2)nc2cc(C)ccn12.Cl. The molecule has 3 aromatic heterocycles. The molecule has 1 aromatic carbocycles. The first kappa shape index (κ1) is 22.8. The third kappa shape index (κ3) is 5.06. The molecule has 0 saturated carbocycles. The Bertz CT molecular complexity index is 1170. The van der Waals surface area contributed by atoms with Crippen molar-refractivity contribution in [1.82, 2.24) is 19.3 Å². The Labute approximate surface area is 193 Å². The molecule has 0 saturated heterocycles. The number of likely N-dealkylation sites (N-methyl/N-ethyl adjacent to an activating group) is 1. The molecule has 7 heteroatoms. The van der Waals surface area contributed by atoms with Gasteiger partial charge in [-0.25, -0.2) is 4.98 Å². The summed E-state index contributed by atoms with van der Waals surface area (Å²) in [6.45, 7) is 5.19. The molecule has 0 aliphatic heterocycles. The second-order valence-electron chi connectivity index (χ2n) is 7.29. The van der Waals surface area contributed by atoms with Crippen LogP contribution in [0.3, 0.4) is 0 Å². The summed E-state index contributed by atoms with van der Waals surface area (Å²) in [5, 5.41) is 0.671. The van der Waals surface area contributed by atoms with Crippen LogP contribution in [0.4, 0.5) is 0 Å². The fourth-order valence-corrected chi connectivity index (χ4v) is 3.67. The monoisotopic (exact) mass is 454 g/mol. The van der Waals surface area contributed by atoms with Crippen molar-refractivity contribution in [1.29, 1.82) is 0 Å². The molecular weight excluding hydrogens is 431 g/mol. The van der Waals surface area contributed by atoms with E-state index in [1.54, 1.807) is 12.4 Å². The number of fused-ring (bicyclic) bond motifs is 1. The first-order valence-corrected chi connectivity index (χ1v) is 10.3. The third-order valence-corrected chi connectivity index (χ3v) is 5.40. The number of pyridine rings is 2. The van der Waals surface area contributed by atoms with E-state index < -0.39 is 0 Å². The van der Waals surface area contributed by atoms with Crippen molar-refractivity contribution in [3.63, 3.8) is 0 Å². The van der Waals surface area contributed by atoms with Gasteiger partial charge >= 0.3 is 0 Å². The summed E-state index contributed by atoms with van der Waals surface area (Å²) in [5.74, 6) is 0.0546. The zero-order valence-corrected chi connectivity index (χ0v) is 19.0. The van der Waals surface area contributed by atoms with Gasteiger partial charge in [0.25, 0.3) is 0 Å². The molecule has 0 atom stereocenters. The molecular formula is C24H24Cl2N4O. The maximum absolute atomic E-state index is 13.2. The molecule has 0 spiro atoms. The second-order valence-corrected chi connectivity index (χ2v) is 7.73. The molecule has 4 rings (SSSR count). The predicted molar refractivity (Wildman–Crippen MR) is 127 cm³/mol. The fraction of sp³-hybridized carbons (Fsp3) is 0.208. The lowest BCUT2D eigenvalue weighted by Crippen LogP contribution is -2.32.